The van der Waals surface area contributed by atoms with Gasteiger partial charge >= 0.3 is 0 Å². The van der Waals surface area contributed by atoms with E-state index >= 15 is 0 Å². The van der Waals surface area contributed by atoms with E-state index in [0.29, 0.717) is 5.92 Å². The van der Waals surface area contributed by atoms with Crippen molar-refractivity contribution in [1.29, 1.82) is 0 Å². The average Bonchev–Trinajstić information content (AvgIpc) is 2.89. The molecule has 0 atom stereocenters. The van der Waals surface area contributed by atoms with Crippen molar-refractivity contribution in [2.24, 2.45) is 5.92 Å². The number of thiol groups is 1. The second-order valence-corrected chi connectivity index (χ2v) is 6.05. The molecule has 1 aromatic heterocycles. The number of amides is 1. The van der Waals surface area contributed by atoms with E-state index in [4.69, 9.17) is 0 Å². The minimum Gasteiger partial charge on any atom is -0.346 e. The van der Waals surface area contributed by atoms with Crippen molar-refractivity contribution in [3.05, 3.63) is 16.3 Å². The van der Waals surface area contributed by atoms with Crippen molar-refractivity contribution in [2.75, 3.05) is 0 Å². The molecular formula is C11H15NOS2. The van der Waals surface area contributed by atoms with Gasteiger partial charge in [0.25, 0.3) is 5.91 Å². The minimum atomic E-state index is -0.0716. The molecule has 0 radical (unpaired) electrons. The molecule has 1 amide bonds. The van der Waals surface area contributed by atoms with Gasteiger partial charge in [-0.15, -0.1) is 24.0 Å². The molecule has 2 rings (SSSR count). The molecule has 1 aromatic rings. The number of thiophene rings is 1. The van der Waals surface area contributed by atoms with Gasteiger partial charge in [0.1, 0.15) is 0 Å². The third kappa shape index (κ3) is 2.55. The molecule has 0 spiro atoms. The molecule has 15 heavy (non-hydrogen) atoms. The van der Waals surface area contributed by atoms with Crippen LogP contribution in [0.5, 0.6) is 0 Å². The van der Waals surface area contributed by atoms with Crippen molar-refractivity contribution in [3.63, 3.8) is 0 Å². The van der Waals surface area contributed by atoms with Crippen molar-refractivity contribution in [3.8, 4) is 0 Å². The Morgan fingerprint density at radius 2 is 2.27 bits per heavy atom. The fourth-order valence-electron chi connectivity index (χ4n) is 1.71. The number of carbonyl (C=O) groups is 1. The maximum atomic E-state index is 11.9. The van der Waals surface area contributed by atoms with Crippen LogP contribution in [-0.4, -0.2) is 11.4 Å². The molecule has 82 valence electrons. The number of nitrogens with one attached hydrogen (secondary N) is 1. The summed E-state index contributed by atoms with van der Waals surface area (Å²) >= 11 is 5.64. The lowest BCUT2D eigenvalue weighted by Crippen LogP contribution is -2.44. The molecular weight excluding hydrogens is 226 g/mol. The Balaban J connectivity index is 2.03. The van der Waals surface area contributed by atoms with Crippen LogP contribution >= 0.6 is 24.0 Å². The summed E-state index contributed by atoms with van der Waals surface area (Å²) in [4.78, 5) is 13.5. The van der Waals surface area contributed by atoms with Crippen LogP contribution in [0.1, 0.15) is 36.4 Å². The Hall–Kier alpha value is -0.480. The fraction of sp³-hybridized carbons (Fsp3) is 0.545. The first-order chi connectivity index (χ1) is 6.99. The van der Waals surface area contributed by atoms with Crippen LogP contribution < -0.4 is 5.32 Å². The third-order valence-electron chi connectivity index (χ3n) is 2.84. The van der Waals surface area contributed by atoms with E-state index in [2.05, 4.69) is 31.8 Å². The van der Waals surface area contributed by atoms with Gasteiger partial charge in [-0.05, 0) is 38.7 Å². The van der Waals surface area contributed by atoms with E-state index in [0.717, 1.165) is 9.77 Å². The number of hydrogen-bond acceptors (Lipinski definition) is 3. The van der Waals surface area contributed by atoms with E-state index in [1.807, 2.05) is 11.4 Å². The summed E-state index contributed by atoms with van der Waals surface area (Å²) in [6.07, 6.45) is 2.46. The van der Waals surface area contributed by atoms with Crippen molar-refractivity contribution in [2.45, 2.75) is 37.1 Å². The van der Waals surface area contributed by atoms with Gasteiger partial charge in [0.05, 0.1) is 4.88 Å². The molecule has 1 aliphatic rings. The largest absolute Gasteiger partial charge is 0.346 e. The summed E-state index contributed by atoms with van der Waals surface area (Å²) in [6, 6.07) is 1.81. The van der Waals surface area contributed by atoms with Crippen molar-refractivity contribution >= 4 is 29.9 Å². The Kier molecular flexibility index (Phi) is 2.81. The molecule has 1 heterocycles. The highest BCUT2D eigenvalue weighted by Crippen LogP contribution is 2.39. The van der Waals surface area contributed by atoms with Crippen LogP contribution in [0.15, 0.2) is 16.3 Å². The van der Waals surface area contributed by atoms with Gasteiger partial charge in [-0.2, -0.15) is 0 Å². The third-order valence-corrected chi connectivity index (χ3v) is 4.20. The topological polar surface area (TPSA) is 29.1 Å². The number of hydrogen-bond donors (Lipinski definition) is 2. The number of rotatable bonds is 3. The molecule has 1 N–H and O–H groups in total. The monoisotopic (exact) mass is 241 g/mol. The fourth-order valence-corrected chi connectivity index (χ4v) is 2.75. The second kappa shape index (κ2) is 3.83. The summed E-state index contributed by atoms with van der Waals surface area (Å²) in [5, 5.41) is 4.96. The molecule has 4 heteroatoms. The summed E-state index contributed by atoms with van der Waals surface area (Å²) in [5.74, 6) is 0.675. The molecule has 0 unspecified atom stereocenters. The molecule has 0 bridgehead atoms. The van der Waals surface area contributed by atoms with Gasteiger partial charge in [-0.1, -0.05) is 0 Å². The first-order valence-electron chi connectivity index (χ1n) is 5.09. The zero-order valence-electron chi connectivity index (χ0n) is 8.91. The zero-order valence-corrected chi connectivity index (χ0v) is 10.6. The van der Waals surface area contributed by atoms with Gasteiger partial charge in [-0.25, -0.2) is 0 Å². The van der Waals surface area contributed by atoms with Crippen LogP contribution in [0.4, 0.5) is 0 Å². The Morgan fingerprint density at radius 1 is 1.60 bits per heavy atom. The van der Waals surface area contributed by atoms with Gasteiger partial charge in [0.2, 0.25) is 0 Å². The van der Waals surface area contributed by atoms with Gasteiger partial charge < -0.3 is 5.32 Å². The standard InChI is InChI=1S/C11H15NOS2/c1-11(2,7-3-4-7)12-10(13)9-5-8(14)6-15-9/h5-7,14H,3-4H2,1-2H3,(H,12,13). The van der Waals surface area contributed by atoms with Crippen LogP contribution in [0.2, 0.25) is 0 Å². The van der Waals surface area contributed by atoms with Gasteiger partial charge in [-0.3, -0.25) is 4.79 Å². The maximum Gasteiger partial charge on any atom is 0.261 e. The Labute approximate surface area is 99.5 Å². The maximum absolute atomic E-state index is 11.9. The highest BCUT2D eigenvalue weighted by atomic mass is 32.1. The molecule has 1 saturated carbocycles. The summed E-state index contributed by atoms with van der Waals surface area (Å²) in [6.45, 7) is 4.19. The summed E-state index contributed by atoms with van der Waals surface area (Å²) < 4.78 is 0. The van der Waals surface area contributed by atoms with Crippen molar-refractivity contribution < 1.29 is 4.79 Å². The summed E-state index contributed by atoms with van der Waals surface area (Å²) in [7, 11) is 0. The van der Waals surface area contributed by atoms with Crippen molar-refractivity contribution in [1.82, 2.24) is 5.32 Å². The first kappa shape index (κ1) is 11.0. The highest BCUT2D eigenvalue weighted by molar-refractivity contribution is 7.80. The van der Waals surface area contributed by atoms with Crippen LogP contribution in [0.3, 0.4) is 0 Å². The zero-order chi connectivity index (χ0) is 11.1. The van der Waals surface area contributed by atoms with Crippen LogP contribution in [-0.2, 0) is 0 Å². The average molecular weight is 241 g/mol. The van der Waals surface area contributed by atoms with Gasteiger partial charge in [0.15, 0.2) is 0 Å². The van der Waals surface area contributed by atoms with E-state index in [1.54, 1.807) is 0 Å². The second-order valence-electron chi connectivity index (χ2n) is 4.62. The minimum absolute atomic E-state index is 0.0252. The predicted octanol–water partition coefficient (Wildman–Crippen LogP) is 2.96. The molecule has 1 aliphatic carbocycles. The van der Waals surface area contributed by atoms with Crippen LogP contribution in [0.25, 0.3) is 0 Å². The molecule has 0 aromatic carbocycles. The summed E-state index contributed by atoms with van der Waals surface area (Å²) in [5.41, 5.74) is -0.0716. The Morgan fingerprint density at radius 3 is 2.73 bits per heavy atom. The normalized spacial score (nSPS) is 16.5. The van der Waals surface area contributed by atoms with E-state index in [-0.39, 0.29) is 11.4 Å². The highest BCUT2D eigenvalue weighted by Gasteiger charge is 2.38. The molecule has 0 saturated heterocycles. The van der Waals surface area contributed by atoms with E-state index in [9.17, 15) is 4.79 Å². The Bertz CT molecular complexity index is 380. The molecule has 1 fully saturated rings. The lowest BCUT2D eigenvalue weighted by molar-refractivity contribution is 0.0907. The SMILES string of the molecule is CC(C)(NC(=O)c1cc(S)cs1)C1CC1. The smallest absolute Gasteiger partial charge is 0.261 e. The van der Waals surface area contributed by atoms with Crippen LogP contribution in [0, 0.1) is 5.92 Å². The molecule has 0 aliphatic heterocycles. The van der Waals surface area contributed by atoms with E-state index < -0.39 is 0 Å². The lowest BCUT2D eigenvalue weighted by atomic mass is 9.99. The quantitative estimate of drug-likeness (QED) is 0.783. The molecule has 2 nitrogen and oxygen atoms in total. The lowest BCUT2D eigenvalue weighted by Gasteiger charge is -2.25. The number of carbonyl (C=O) groups excluding carboxylic acids is 1. The van der Waals surface area contributed by atoms with Gasteiger partial charge in [0, 0.05) is 15.8 Å². The predicted molar refractivity (Wildman–Crippen MR) is 65.8 cm³/mol. The van der Waals surface area contributed by atoms with E-state index in [1.165, 1.54) is 24.2 Å². The first-order valence-corrected chi connectivity index (χ1v) is 6.42.